The zero-order chi connectivity index (χ0) is 19.3. The van der Waals surface area contributed by atoms with E-state index < -0.39 is 0 Å². The number of ether oxygens (including phenoxy) is 4. The Morgan fingerprint density at radius 2 is 1.08 bits per heavy atom. The first-order valence-electron chi connectivity index (χ1n) is 10.9. The number of hydrogen-bond donors (Lipinski definition) is 0. The van der Waals surface area contributed by atoms with Crippen molar-refractivity contribution < 1.29 is 18.9 Å². The summed E-state index contributed by atoms with van der Waals surface area (Å²) < 4.78 is 22.4. The summed E-state index contributed by atoms with van der Waals surface area (Å²) in [6.07, 6.45) is 15.8. The minimum atomic E-state index is 0.190. The summed E-state index contributed by atoms with van der Waals surface area (Å²) in [5.41, 5.74) is 0. The van der Waals surface area contributed by atoms with Crippen molar-refractivity contribution in [1.29, 1.82) is 0 Å². The van der Waals surface area contributed by atoms with E-state index in [2.05, 4.69) is 20.8 Å². The number of allylic oxidation sites excluding steroid dienone is 1. The molecule has 0 radical (unpaired) electrons. The van der Waals surface area contributed by atoms with E-state index in [4.69, 9.17) is 18.9 Å². The Balaban J connectivity index is 4.15. The Morgan fingerprint density at radius 1 is 0.577 bits per heavy atom. The van der Waals surface area contributed by atoms with Gasteiger partial charge in [-0.15, -0.1) is 0 Å². The van der Waals surface area contributed by atoms with Crippen LogP contribution in [-0.2, 0) is 18.9 Å². The maximum absolute atomic E-state index is 5.94. The van der Waals surface area contributed by atoms with Gasteiger partial charge in [-0.3, -0.25) is 0 Å². The van der Waals surface area contributed by atoms with Crippen molar-refractivity contribution in [2.24, 2.45) is 0 Å². The van der Waals surface area contributed by atoms with Gasteiger partial charge in [0.2, 0.25) is 0 Å². The van der Waals surface area contributed by atoms with Crippen molar-refractivity contribution in [3.63, 3.8) is 0 Å². The van der Waals surface area contributed by atoms with Crippen LogP contribution >= 0.6 is 0 Å². The molecule has 0 N–H and O–H groups in total. The quantitative estimate of drug-likeness (QED) is 0.132. The van der Waals surface area contributed by atoms with Crippen molar-refractivity contribution in [1.82, 2.24) is 0 Å². The molecule has 0 bridgehead atoms. The van der Waals surface area contributed by atoms with Crippen LogP contribution in [0.1, 0.15) is 104 Å². The summed E-state index contributed by atoms with van der Waals surface area (Å²) in [5, 5.41) is 0. The van der Waals surface area contributed by atoms with Gasteiger partial charge in [0.25, 0.3) is 0 Å². The average molecular weight is 373 g/mol. The summed E-state index contributed by atoms with van der Waals surface area (Å²) in [6, 6.07) is 0. The molecule has 0 heterocycles. The van der Waals surface area contributed by atoms with E-state index in [1.165, 1.54) is 64.2 Å². The highest BCUT2D eigenvalue weighted by atomic mass is 16.7. The van der Waals surface area contributed by atoms with Crippen molar-refractivity contribution in [3.05, 3.63) is 11.7 Å². The SMILES string of the molecule is CCCCCCCCOC(CC)=C(OCCCCCCCC)OCOC. The Morgan fingerprint density at radius 3 is 1.58 bits per heavy atom. The lowest BCUT2D eigenvalue weighted by molar-refractivity contribution is -0.0689. The van der Waals surface area contributed by atoms with Crippen LogP contribution in [0.5, 0.6) is 0 Å². The van der Waals surface area contributed by atoms with Crippen molar-refractivity contribution in [2.45, 2.75) is 104 Å². The van der Waals surface area contributed by atoms with Crippen LogP contribution in [0.3, 0.4) is 0 Å². The summed E-state index contributed by atoms with van der Waals surface area (Å²) in [7, 11) is 1.62. The molecule has 0 aliphatic carbocycles. The monoisotopic (exact) mass is 372 g/mol. The molecule has 0 aromatic carbocycles. The summed E-state index contributed by atoms with van der Waals surface area (Å²) in [5.74, 6) is 1.32. The maximum Gasteiger partial charge on any atom is 0.321 e. The fraction of sp³-hybridized carbons (Fsp3) is 0.909. The molecule has 0 spiro atoms. The molecule has 0 saturated heterocycles. The molecule has 26 heavy (non-hydrogen) atoms. The van der Waals surface area contributed by atoms with Gasteiger partial charge < -0.3 is 18.9 Å². The van der Waals surface area contributed by atoms with Gasteiger partial charge in [0, 0.05) is 13.5 Å². The summed E-state index contributed by atoms with van der Waals surface area (Å²) >= 11 is 0. The van der Waals surface area contributed by atoms with Gasteiger partial charge in [-0.2, -0.15) is 0 Å². The number of unbranched alkanes of at least 4 members (excludes halogenated alkanes) is 10. The highest BCUT2D eigenvalue weighted by Crippen LogP contribution is 2.16. The van der Waals surface area contributed by atoms with E-state index in [1.807, 2.05) is 0 Å². The molecule has 156 valence electrons. The van der Waals surface area contributed by atoms with E-state index >= 15 is 0 Å². The molecular weight excluding hydrogens is 328 g/mol. The first kappa shape index (κ1) is 25.1. The van der Waals surface area contributed by atoms with E-state index in [1.54, 1.807) is 7.11 Å². The van der Waals surface area contributed by atoms with Crippen LogP contribution in [0.25, 0.3) is 0 Å². The topological polar surface area (TPSA) is 36.9 Å². The molecule has 4 nitrogen and oxygen atoms in total. The Labute approximate surface area is 162 Å². The maximum atomic E-state index is 5.94. The molecule has 0 aliphatic heterocycles. The first-order chi connectivity index (χ1) is 12.8. The average Bonchev–Trinajstić information content (AvgIpc) is 2.66. The molecule has 0 rings (SSSR count). The number of rotatable bonds is 20. The second kappa shape index (κ2) is 20.4. The smallest absolute Gasteiger partial charge is 0.321 e. The van der Waals surface area contributed by atoms with Gasteiger partial charge in [-0.1, -0.05) is 85.0 Å². The Hall–Kier alpha value is -0.900. The zero-order valence-corrected chi connectivity index (χ0v) is 17.9. The molecule has 0 aromatic rings. The third-order valence-corrected chi connectivity index (χ3v) is 4.36. The predicted molar refractivity (Wildman–Crippen MR) is 109 cm³/mol. The fourth-order valence-corrected chi connectivity index (χ4v) is 2.75. The lowest BCUT2D eigenvalue weighted by atomic mass is 10.1. The van der Waals surface area contributed by atoms with Crippen molar-refractivity contribution in [3.8, 4) is 0 Å². The molecule has 0 fully saturated rings. The second-order valence-corrected chi connectivity index (χ2v) is 6.85. The van der Waals surface area contributed by atoms with Crippen LogP contribution in [0, 0.1) is 0 Å². The van der Waals surface area contributed by atoms with Crippen LogP contribution in [0.2, 0.25) is 0 Å². The third-order valence-electron chi connectivity index (χ3n) is 4.36. The van der Waals surface area contributed by atoms with E-state index in [0.717, 1.165) is 31.6 Å². The molecule has 0 aromatic heterocycles. The van der Waals surface area contributed by atoms with Gasteiger partial charge in [-0.05, 0) is 12.8 Å². The number of hydrogen-bond acceptors (Lipinski definition) is 4. The van der Waals surface area contributed by atoms with Gasteiger partial charge in [0.05, 0.1) is 13.2 Å². The van der Waals surface area contributed by atoms with E-state index in [0.29, 0.717) is 12.6 Å². The van der Waals surface area contributed by atoms with Crippen LogP contribution in [0.15, 0.2) is 11.7 Å². The molecule has 0 unspecified atom stereocenters. The first-order valence-corrected chi connectivity index (χ1v) is 10.9. The summed E-state index contributed by atoms with van der Waals surface area (Å²) in [4.78, 5) is 0. The molecule has 0 saturated carbocycles. The second-order valence-electron chi connectivity index (χ2n) is 6.85. The lowest BCUT2D eigenvalue weighted by Gasteiger charge is -2.16. The Bertz CT molecular complexity index is 315. The minimum Gasteiger partial charge on any atom is -0.491 e. The molecule has 0 atom stereocenters. The fourth-order valence-electron chi connectivity index (χ4n) is 2.75. The van der Waals surface area contributed by atoms with Crippen LogP contribution in [-0.4, -0.2) is 27.1 Å². The number of methoxy groups -OCH3 is 1. The van der Waals surface area contributed by atoms with Gasteiger partial charge in [0.1, 0.15) is 0 Å². The van der Waals surface area contributed by atoms with Gasteiger partial charge in [0.15, 0.2) is 12.6 Å². The Kier molecular flexibility index (Phi) is 19.7. The van der Waals surface area contributed by atoms with Gasteiger partial charge in [-0.25, -0.2) is 0 Å². The molecule has 0 aliphatic rings. The van der Waals surface area contributed by atoms with Crippen molar-refractivity contribution >= 4 is 0 Å². The molecule has 0 amide bonds. The van der Waals surface area contributed by atoms with Crippen molar-refractivity contribution in [2.75, 3.05) is 27.1 Å². The predicted octanol–water partition coefficient (Wildman–Crippen LogP) is 6.94. The molecule has 4 heteroatoms. The van der Waals surface area contributed by atoms with E-state index in [-0.39, 0.29) is 6.79 Å². The van der Waals surface area contributed by atoms with Crippen LogP contribution < -0.4 is 0 Å². The van der Waals surface area contributed by atoms with Crippen LogP contribution in [0.4, 0.5) is 0 Å². The lowest BCUT2D eigenvalue weighted by Crippen LogP contribution is -2.08. The van der Waals surface area contributed by atoms with E-state index in [9.17, 15) is 0 Å². The largest absolute Gasteiger partial charge is 0.491 e. The van der Waals surface area contributed by atoms with Gasteiger partial charge >= 0.3 is 5.95 Å². The normalized spacial score (nSPS) is 12.0. The summed E-state index contributed by atoms with van der Waals surface area (Å²) in [6.45, 7) is 8.15. The third kappa shape index (κ3) is 15.4. The standard InChI is InChI=1S/C22H44O4/c1-5-8-10-12-14-16-18-24-21(7-3)22(26-20-23-4)25-19-17-15-13-11-9-6-2/h5-20H2,1-4H3. The highest BCUT2D eigenvalue weighted by molar-refractivity contribution is 4.94. The minimum absolute atomic E-state index is 0.190. The highest BCUT2D eigenvalue weighted by Gasteiger charge is 2.11. The molecular formula is C22H44O4. The zero-order valence-electron chi connectivity index (χ0n) is 17.9.